The van der Waals surface area contributed by atoms with E-state index < -0.39 is 5.41 Å². The van der Waals surface area contributed by atoms with Crippen molar-refractivity contribution in [3.63, 3.8) is 0 Å². The molecule has 98 valence electrons. The van der Waals surface area contributed by atoms with Gasteiger partial charge in [-0.3, -0.25) is 4.79 Å². The van der Waals surface area contributed by atoms with Crippen LogP contribution in [0.2, 0.25) is 0 Å². The lowest BCUT2D eigenvalue weighted by Gasteiger charge is -2.33. The molecule has 1 atom stereocenters. The van der Waals surface area contributed by atoms with Gasteiger partial charge >= 0.3 is 0 Å². The molecule has 0 aromatic rings. The Balaban J connectivity index is 1.84. The molecule has 1 amide bonds. The van der Waals surface area contributed by atoms with Gasteiger partial charge in [0.2, 0.25) is 5.91 Å². The van der Waals surface area contributed by atoms with Crippen LogP contribution >= 0.6 is 0 Å². The molecule has 0 spiro atoms. The third-order valence-electron chi connectivity index (χ3n) is 4.21. The van der Waals surface area contributed by atoms with Gasteiger partial charge in [-0.05, 0) is 45.2 Å². The Bertz CT molecular complexity index is 289. The second-order valence-electron chi connectivity index (χ2n) is 5.89. The number of aliphatic hydroxyl groups is 1. The minimum atomic E-state index is -0.407. The summed E-state index contributed by atoms with van der Waals surface area (Å²) >= 11 is 0. The molecule has 2 fully saturated rings. The summed E-state index contributed by atoms with van der Waals surface area (Å²) < 4.78 is 0. The second kappa shape index (κ2) is 4.94. The molecular formula is C13H24N2O2. The number of likely N-dealkylation sites (tertiary alicyclic amines) is 1. The molecule has 1 aliphatic carbocycles. The first kappa shape index (κ1) is 12.8. The number of rotatable bonds is 4. The molecular weight excluding hydrogens is 216 g/mol. The summed E-state index contributed by atoms with van der Waals surface area (Å²) in [7, 11) is 4.02. The van der Waals surface area contributed by atoms with E-state index in [4.69, 9.17) is 0 Å². The van der Waals surface area contributed by atoms with Gasteiger partial charge in [0.15, 0.2) is 0 Å². The van der Waals surface area contributed by atoms with Crippen LogP contribution in [0.15, 0.2) is 0 Å². The van der Waals surface area contributed by atoms with Crippen LogP contribution in [0.25, 0.3) is 0 Å². The number of nitrogens with zero attached hydrogens (tertiary/aromatic N) is 2. The predicted molar refractivity (Wildman–Crippen MR) is 66.6 cm³/mol. The minimum Gasteiger partial charge on any atom is -0.395 e. The molecule has 1 saturated heterocycles. The van der Waals surface area contributed by atoms with Gasteiger partial charge in [0.05, 0.1) is 12.0 Å². The molecule has 1 unspecified atom stereocenters. The monoisotopic (exact) mass is 240 g/mol. The van der Waals surface area contributed by atoms with Crippen molar-refractivity contribution in [3.05, 3.63) is 0 Å². The highest BCUT2D eigenvalue weighted by Crippen LogP contribution is 2.46. The summed E-state index contributed by atoms with van der Waals surface area (Å²) in [4.78, 5) is 16.3. The van der Waals surface area contributed by atoms with Crippen molar-refractivity contribution >= 4 is 5.91 Å². The van der Waals surface area contributed by atoms with Gasteiger partial charge in [-0.25, -0.2) is 0 Å². The maximum Gasteiger partial charge on any atom is 0.230 e. The lowest BCUT2D eigenvalue weighted by atomic mass is 9.97. The SMILES string of the molecule is CN1CCCC(CN(C)C(=O)C2(CO)CC2)C1. The molecule has 1 saturated carbocycles. The Kier molecular flexibility index (Phi) is 3.73. The average molecular weight is 240 g/mol. The fraction of sp³-hybridized carbons (Fsp3) is 0.923. The first-order valence-corrected chi connectivity index (χ1v) is 6.62. The van der Waals surface area contributed by atoms with Crippen LogP contribution in [0.4, 0.5) is 0 Å². The Labute approximate surface area is 104 Å². The normalized spacial score (nSPS) is 27.8. The summed E-state index contributed by atoms with van der Waals surface area (Å²) in [5.41, 5.74) is -0.407. The zero-order valence-corrected chi connectivity index (χ0v) is 11.0. The molecule has 17 heavy (non-hydrogen) atoms. The van der Waals surface area contributed by atoms with Crippen molar-refractivity contribution in [1.82, 2.24) is 9.80 Å². The lowest BCUT2D eigenvalue weighted by molar-refractivity contribution is -0.138. The van der Waals surface area contributed by atoms with Crippen LogP contribution in [-0.4, -0.2) is 61.2 Å². The van der Waals surface area contributed by atoms with Crippen LogP contribution < -0.4 is 0 Å². The fourth-order valence-corrected chi connectivity index (χ4v) is 2.89. The van der Waals surface area contributed by atoms with Crippen LogP contribution in [0.3, 0.4) is 0 Å². The Hall–Kier alpha value is -0.610. The van der Waals surface area contributed by atoms with Crippen molar-refractivity contribution in [2.45, 2.75) is 25.7 Å². The smallest absolute Gasteiger partial charge is 0.230 e. The third-order valence-corrected chi connectivity index (χ3v) is 4.21. The number of carbonyl (C=O) groups is 1. The van der Waals surface area contributed by atoms with Gasteiger partial charge < -0.3 is 14.9 Å². The minimum absolute atomic E-state index is 0.0146. The Morgan fingerprint density at radius 1 is 1.53 bits per heavy atom. The molecule has 1 aliphatic heterocycles. The maximum absolute atomic E-state index is 12.2. The number of amides is 1. The van der Waals surface area contributed by atoms with E-state index in [9.17, 15) is 9.90 Å². The summed E-state index contributed by atoms with van der Waals surface area (Å²) in [6.07, 6.45) is 4.16. The average Bonchev–Trinajstić information content (AvgIpc) is 3.09. The molecule has 0 bridgehead atoms. The zero-order valence-electron chi connectivity index (χ0n) is 11.0. The van der Waals surface area contributed by atoms with E-state index in [1.54, 1.807) is 0 Å². The number of hydrogen-bond donors (Lipinski definition) is 1. The van der Waals surface area contributed by atoms with E-state index in [1.807, 2.05) is 11.9 Å². The molecule has 0 aromatic carbocycles. The van der Waals surface area contributed by atoms with E-state index in [0.717, 1.165) is 25.9 Å². The van der Waals surface area contributed by atoms with E-state index in [2.05, 4.69) is 11.9 Å². The first-order chi connectivity index (χ1) is 8.07. The third kappa shape index (κ3) is 2.80. The maximum atomic E-state index is 12.2. The van der Waals surface area contributed by atoms with Crippen LogP contribution in [0.5, 0.6) is 0 Å². The first-order valence-electron chi connectivity index (χ1n) is 6.62. The predicted octanol–water partition coefficient (Wildman–Crippen LogP) is 0.559. The van der Waals surface area contributed by atoms with Crippen LogP contribution in [-0.2, 0) is 4.79 Å². The summed E-state index contributed by atoms with van der Waals surface area (Å²) in [6.45, 7) is 3.12. The molecule has 2 rings (SSSR count). The zero-order chi connectivity index (χ0) is 12.5. The van der Waals surface area contributed by atoms with Gasteiger partial charge in [-0.1, -0.05) is 0 Å². The fourth-order valence-electron chi connectivity index (χ4n) is 2.89. The van der Waals surface area contributed by atoms with Crippen molar-refractivity contribution in [3.8, 4) is 0 Å². The molecule has 1 N–H and O–H groups in total. The van der Waals surface area contributed by atoms with Gasteiger partial charge in [-0.15, -0.1) is 0 Å². The second-order valence-corrected chi connectivity index (χ2v) is 5.89. The molecule has 0 aromatic heterocycles. The van der Waals surface area contributed by atoms with Crippen LogP contribution in [0.1, 0.15) is 25.7 Å². The largest absolute Gasteiger partial charge is 0.395 e. The molecule has 2 aliphatic rings. The lowest BCUT2D eigenvalue weighted by Crippen LogP contribution is -2.43. The standard InChI is InChI=1S/C13H24N2O2/c1-14-7-3-4-11(8-14)9-15(2)12(17)13(10-16)5-6-13/h11,16H,3-10H2,1-2H3. The van der Waals surface area contributed by atoms with Crippen LogP contribution in [0, 0.1) is 11.3 Å². The molecule has 4 nitrogen and oxygen atoms in total. The topological polar surface area (TPSA) is 43.8 Å². The quantitative estimate of drug-likeness (QED) is 0.781. The van der Waals surface area contributed by atoms with E-state index in [-0.39, 0.29) is 12.5 Å². The van der Waals surface area contributed by atoms with E-state index in [1.165, 1.54) is 19.4 Å². The number of aliphatic hydroxyl groups excluding tert-OH is 1. The number of hydrogen-bond acceptors (Lipinski definition) is 3. The summed E-state index contributed by atoms with van der Waals surface area (Å²) in [6, 6.07) is 0. The van der Waals surface area contributed by atoms with E-state index >= 15 is 0 Å². The van der Waals surface area contributed by atoms with Crippen molar-refractivity contribution in [2.75, 3.05) is 40.3 Å². The van der Waals surface area contributed by atoms with Crippen molar-refractivity contribution < 1.29 is 9.90 Å². The van der Waals surface area contributed by atoms with Gasteiger partial charge in [0, 0.05) is 20.1 Å². The highest BCUT2D eigenvalue weighted by atomic mass is 16.3. The molecule has 4 heteroatoms. The highest BCUT2D eigenvalue weighted by molar-refractivity contribution is 5.85. The number of carbonyl (C=O) groups excluding carboxylic acids is 1. The van der Waals surface area contributed by atoms with Crippen molar-refractivity contribution in [2.24, 2.45) is 11.3 Å². The molecule has 1 heterocycles. The van der Waals surface area contributed by atoms with E-state index in [0.29, 0.717) is 5.92 Å². The van der Waals surface area contributed by atoms with Crippen molar-refractivity contribution in [1.29, 1.82) is 0 Å². The van der Waals surface area contributed by atoms with Gasteiger partial charge in [0.1, 0.15) is 0 Å². The highest BCUT2D eigenvalue weighted by Gasteiger charge is 2.50. The van der Waals surface area contributed by atoms with Gasteiger partial charge in [0.25, 0.3) is 0 Å². The Morgan fingerprint density at radius 3 is 2.76 bits per heavy atom. The molecule has 0 radical (unpaired) electrons. The summed E-state index contributed by atoms with van der Waals surface area (Å²) in [5.74, 6) is 0.741. The van der Waals surface area contributed by atoms with Gasteiger partial charge in [-0.2, -0.15) is 0 Å². The number of piperidine rings is 1. The Morgan fingerprint density at radius 2 is 2.24 bits per heavy atom. The summed E-state index contributed by atoms with van der Waals surface area (Å²) in [5, 5.41) is 9.27.